The molecule has 0 unspecified atom stereocenters. The Kier molecular flexibility index (Phi) is 4.48. The van der Waals surface area contributed by atoms with Crippen molar-refractivity contribution >= 4 is 34.0 Å². The van der Waals surface area contributed by atoms with E-state index in [1.165, 1.54) is 0 Å². The quantitative estimate of drug-likeness (QED) is 0.420. The van der Waals surface area contributed by atoms with Gasteiger partial charge in [-0.1, -0.05) is 41.9 Å². The number of aromatic nitrogens is 4. The first-order valence-corrected chi connectivity index (χ1v) is 9.91. The lowest BCUT2D eigenvalue weighted by Gasteiger charge is -2.11. The first kappa shape index (κ1) is 18.4. The predicted molar refractivity (Wildman–Crippen MR) is 119 cm³/mol. The van der Waals surface area contributed by atoms with Crippen LogP contribution in [0.2, 0.25) is 5.02 Å². The second-order valence-corrected chi connectivity index (χ2v) is 7.45. The molecule has 0 aliphatic rings. The van der Waals surface area contributed by atoms with Gasteiger partial charge in [-0.3, -0.25) is 4.40 Å². The van der Waals surface area contributed by atoms with E-state index in [2.05, 4.69) is 20.5 Å². The number of phenolic OH excluding ortho intramolecular Hbond substituents is 1. The molecule has 0 fully saturated rings. The predicted octanol–water partition coefficient (Wildman–Crippen LogP) is 5.22. The molecule has 0 aliphatic heterocycles. The van der Waals surface area contributed by atoms with Crippen LogP contribution >= 0.6 is 11.6 Å². The van der Waals surface area contributed by atoms with Crippen molar-refractivity contribution in [1.29, 1.82) is 0 Å². The van der Waals surface area contributed by atoms with Gasteiger partial charge in [0.1, 0.15) is 5.75 Å². The molecule has 2 N–H and O–H groups in total. The first-order valence-electron chi connectivity index (χ1n) is 9.53. The molecule has 5 aromatic rings. The van der Waals surface area contributed by atoms with E-state index in [0.29, 0.717) is 23.0 Å². The van der Waals surface area contributed by atoms with Crippen molar-refractivity contribution < 1.29 is 5.11 Å². The largest absolute Gasteiger partial charge is 0.508 e. The van der Waals surface area contributed by atoms with Crippen LogP contribution in [0.3, 0.4) is 0 Å². The maximum Gasteiger partial charge on any atom is 0.183 e. The molecule has 148 valence electrons. The Morgan fingerprint density at radius 2 is 1.80 bits per heavy atom. The minimum Gasteiger partial charge on any atom is -0.508 e. The van der Waals surface area contributed by atoms with E-state index in [1.807, 2.05) is 72.0 Å². The summed E-state index contributed by atoms with van der Waals surface area (Å²) in [7, 11) is 0. The van der Waals surface area contributed by atoms with Gasteiger partial charge in [0.2, 0.25) is 0 Å². The molecule has 0 saturated heterocycles. The van der Waals surface area contributed by atoms with Crippen LogP contribution < -0.4 is 5.32 Å². The molecule has 3 aromatic carbocycles. The molecule has 0 amide bonds. The average Bonchev–Trinajstić information content (AvgIpc) is 3.20. The SMILES string of the molecule is Cc1nc2ccc(NCc3ccccc3O)cc2n2c(-c3ccccc3Cl)nnc12. The number of phenols is 1. The van der Waals surface area contributed by atoms with Crippen LogP contribution in [0.25, 0.3) is 28.1 Å². The highest BCUT2D eigenvalue weighted by atomic mass is 35.5. The summed E-state index contributed by atoms with van der Waals surface area (Å²) in [6.07, 6.45) is 0. The summed E-state index contributed by atoms with van der Waals surface area (Å²) in [5.41, 5.74) is 5.73. The molecule has 0 atom stereocenters. The Hall–Kier alpha value is -3.64. The number of aromatic hydroxyl groups is 1. The lowest BCUT2D eigenvalue weighted by Crippen LogP contribution is -2.02. The van der Waals surface area contributed by atoms with E-state index in [1.54, 1.807) is 6.07 Å². The number of benzene rings is 3. The van der Waals surface area contributed by atoms with Gasteiger partial charge in [0, 0.05) is 23.4 Å². The van der Waals surface area contributed by atoms with Gasteiger partial charge in [-0.15, -0.1) is 10.2 Å². The summed E-state index contributed by atoms with van der Waals surface area (Å²) in [6.45, 7) is 2.42. The number of anilines is 1. The van der Waals surface area contributed by atoms with Crippen LogP contribution in [0.5, 0.6) is 5.75 Å². The number of hydrogen-bond acceptors (Lipinski definition) is 5. The summed E-state index contributed by atoms with van der Waals surface area (Å²) < 4.78 is 1.99. The van der Waals surface area contributed by atoms with Gasteiger partial charge >= 0.3 is 0 Å². The first-order chi connectivity index (χ1) is 14.6. The van der Waals surface area contributed by atoms with Crippen molar-refractivity contribution in [2.75, 3.05) is 5.32 Å². The van der Waals surface area contributed by atoms with Crippen molar-refractivity contribution in [2.45, 2.75) is 13.5 Å². The average molecular weight is 416 g/mol. The highest BCUT2D eigenvalue weighted by molar-refractivity contribution is 6.33. The van der Waals surface area contributed by atoms with E-state index in [4.69, 9.17) is 11.6 Å². The summed E-state index contributed by atoms with van der Waals surface area (Å²) in [6, 6.07) is 20.8. The molecule has 0 aliphatic carbocycles. The molecule has 7 heteroatoms. The zero-order chi connectivity index (χ0) is 20.7. The number of rotatable bonds is 4. The van der Waals surface area contributed by atoms with Gasteiger partial charge in [-0.05, 0) is 43.3 Å². The minimum absolute atomic E-state index is 0.269. The van der Waals surface area contributed by atoms with Gasteiger partial charge < -0.3 is 10.4 Å². The molecule has 0 saturated carbocycles. The van der Waals surface area contributed by atoms with Crippen LogP contribution in [-0.2, 0) is 6.54 Å². The fraction of sp³-hybridized carbons (Fsp3) is 0.0870. The maximum atomic E-state index is 10.0. The number of aryl methyl sites for hydroxylation is 1. The van der Waals surface area contributed by atoms with Crippen molar-refractivity contribution in [2.24, 2.45) is 0 Å². The van der Waals surface area contributed by atoms with Crippen molar-refractivity contribution in [3.63, 3.8) is 0 Å². The molecule has 5 rings (SSSR count). The Morgan fingerprint density at radius 3 is 2.63 bits per heavy atom. The number of para-hydroxylation sites is 1. The minimum atomic E-state index is 0.269. The lowest BCUT2D eigenvalue weighted by molar-refractivity contribution is 0.469. The zero-order valence-corrected chi connectivity index (χ0v) is 16.9. The standard InChI is InChI=1S/C23H18ClN5O/c1-14-22-27-28-23(17-7-3-4-8-18(17)24)29(22)20-12-16(10-11-19(20)26-14)25-13-15-6-2-5-9-21(15)30/h2-12,25,30H,13H2,1H3. The number of halogens is 1. The second-order valence-electron chi connectivity index (χ2n) is 7.05. The van der Waals surface area contributed by atoms with Crippen molar-refractivity contribution in [1.82, 2.24) is 19.6 Å². The van der Waals surface area contributed by atoms with E-state index in [9.17, 15) is 5.11 Å². The van der Waals surface area contributed by atoms with Crippen LogP contribution in [0.1, 0.15) is 11.3 Å². The molecule has 0 spiro atoms. The van der Waals surface area contributed by atoms with Gasteiger partial charge in [-0.25, -0.2) is 4.98 Å². The topological polar surface area (TPSA) is 75.3 Å². The molecule has 0 radical (unpaired) electrons. The molecular weight excluding hydrogens is 398 g/mol. The Morgan fingerprint density at radius 1 is 1.00 bits per heavy atom. The maximum absolute atomic E-state index is 10.0. The second kappa shape index (κ2) is 7.31. The van der Waals surface area contributed by atoms with Crippen LogP contribution in [0, 0.1) is 6.92 Å². The van der Waals surface area contributed by atoms with E-state index in [-0.39, 0.29) is 5.75 Å². The normalized spacial score (nSPS) is 11.3. The highest BCUT2D eigenvalue weighted by Crippen LogP contribution is 2.30. The Balaban J connectivity index is 1.64. The lowest BCUT2D eigenvalue weighted by atomic mass is 10.2. The molecular formula is C23H18ClN5O. The van der Waals surface area contributed by atoms with E-state index in [0.717, 1.165) is 33.5 Å². The van der Waals surface area contributed by atoms with Crippen LogP contribution in [-0.4, -0.2) is 24.7 Å². The van der Waals surface area contributed by atoms with E-state index >= 15 is 0 Å². The zero-order valence-electron chi connectivity index (χ0n) is 16.2. The molecule has 6 nitrogen and oxygen atoms in total. The van der Waals surface area contributed by atoms with Crippen LogP contribution in [0.4, 0.5) is 5.69 Å². The van der Waals surface area contributed by atoms with Gasteiger partial charge in [0.05, 0.1) is 21.7 Å². The Bertz CT molecular complexity index is 1400. The third-order valence-electron chi connectivity index (χ3n) is 5.08. The van der Waals surface area contributed by atoms with Gasteiger partial charge in [0.25, 0.3) is 0 Å². The third-order valence-corrected chi connectivity index (χ3v) is 5.41. The highest BCUT2D eigenvalue weighted by Gasteiger charge is 2.16. The van der Waals surface area contributed by atoms with Gasteiger partial charge in [0.15, 0.2) is 11.5 Å². The fourth-order valence-electron chi connectivity index (χ4n) is 3.56. The summed E-state index contributed by atoms with van der Waals surface area (Å²) >= 11 is 6.44. The van der Waals surface area contributed by atoms with E-state index < -0.39 is 0 Å². The number of nitrogens with zero attached hydrogens (tertiary/aromatic N) is 4. The molecule has 2 heterocycles. The molecule has 0 bridgehead atoms. The summed E-state index contributed by atoms with van der Waals surface area (Å²) in [5.74, 6) is 0.939. The summed E-state index contributed by atoms with van der Waals surface area (Å²) in [5, 5.41) is 22.8. The smallest absolute Gasteiger partial charge is 0.183 e. The van der Waals surface area contributed by atoms with Crippen molar-refractivity contribution in [3.8, 4) is 17.1 Å². The molecule has 30 heavy (non-hydrogen) atoms. The molecule has 2 aromatic heterocycles. The third kappa shape index (κ3) is 3.11. The van der Waals surface area contributed by atoms with Crippen LogP contribution in [0.15, 0.2) is 66.7 Å². The van der Waals surface area contributed by atoms with Crippen molar-refractivity contribution in [3.05, 3.63) is 83.0 Å². The number of hydrogen-bond donors (Lipinski definition) is 2. The fourth-order valence-corrected chi connectivity index (χ4v) is 3.78. The monoisotopic (exact) mass is 415 g/mol. The number of fused-ring (bicyclic) bond motifs is 3. The van der Waals surface area contributed by atoms with Gasteiger partial charge in [-0.2, -0.15) is 0 Å². The summed E-state index contributed by atoms with van der Waals surface area (Å²) in [4.78, 5) is 4.68. The Labute approximate surface area is 177 Å². The number of nitrogens with one attached hydrogen (secondary N) is 1.